The molecule has 31 heavy (non-hydrogen) atoms. The molecule has 0 radical (unpaired) electrons. The van der Waals surface area contributed by atoms with Crippen molar-refractivity contribution in [3.63, 3.8) is 0 Å². The number of ether oxygens (including phenoxy) is 2. The number of benzene rings is 2. The molecule has 1 heterocycles. The molecule has 2 aromatic carbocycles. The average molecular weight is 442 g/mol. The van der Waals surface area contributed by atoms with E-state index in [1.54, 1.807) is 6.07 Å². The van der Waals surface area contributed by atoms with Crippen LogP contribution in [0.25, 0.3) is 0 Å². The van der Waals surface area contributed by atoms with Crippen molar-refractivity contribution in [3.8, 4) is 11.5 Å². The molecule has 0 aliphatic heterocycles. The zero-order valence-corrected chi connectivity index (χ0v) is 18.3. The predicted octanol–water partition coefficient (Wildman–Crippen LogP) is 4.58. The van der Waals surface area contributed by atoms with Crippen molar-refractivity contribution in [3.05, 3.63) is 73.8 Å². The Morgan fingerprint density at radius 2 is 2.06 bits per heavy atom. The van der Waals surface area contributed by atoms with Crippen molar-refractivity contribution in [1.82, 2.24) is 14.9 Å². The molecule has 1 N–H and O–H groups in total. The van der Waals surface area contributed by atoms with E-state index in [0.29, 0.717) is 22.6 Å². The molecular formula is C21H23N5O4S. The number of nitrogens with zero attached hydrogens (tertiary/aromatic N) is 4. The van der Waals surface area contributed by atoms with Gasteiger partial charge >= 0.3 is 5.69 Å². The zero-order valence-electron chi connectivity index (χ0n) is 17.5. The van der Waals surface area contributed by atoms with Gasteiger partial charge in [0.1, 0.15) is 6.61 Å². The average Bonchev–Trinajstić information content (AvgIpc) is 3.11. The third-order valence-electron chi connectivity index (χ3n) is 4.49. The second-order valence-corrected chi connectivity index (χ2v) is 7.24. The highest BCUT2D eigenvalue weighted by Gasteiger charge is 2.22. The highest BCUT2D eigenvalue weighted by atomic mass is 32.1. The number of hydrogen-bond donors (Lipinski definition) is 1. The summed E-state index contributed by atoms with van der Waals surface area (Å²) < 4.78 is 13.0. The maximum absolute atomic E-state index is 11.7. The third kappa shape index (κ3) is 5.34. The van der Waals surface area contributed by atoms with Crippen LogP contribution in [0.1, 0.15) is 35.9 Å². The Hall–Kier alpha value is -3.53. The minimum atomic E-state index is -0.504. The Labute approximate surface area is 184 Å². The SMILES string of the molecule is CCCc1n[nH]c(=S)n1/N=C\c1cc(OC)c(OCc2ccc(C)cc2)c([N+](=O)[O-])c1. The minimum absolute atomic E-state index is 0.0665. The first kappa shape index (κ1) is 22.2. The minimum Gasteiger partial charge on any atom is -0.493 e. The molecule has 0 saturated carbocycles. The van der Waals surface area contributed by atoms with E-state index in [-0.39, 0.29) is 23.8 Å². The van der Waals surface area contributed by atoms with Crippen molar-refractivity contribution >= 4 is 24.1 Å². The highest BCUT2D eigenvalue weighted by molar-refractivity contribution is 7.71. The summed E-state index contributed by atoms with van der Waals surface area (Å²) in [5.41, 5.74) is 2.27. The van der Waals surface area contributed by atoms with E-state index in [0.717, 1.165) is 17.5 Å². The molecule has 162 valence electrons. The first-order valence-electron chi connectivity index (χ1n) is 9.68. The summed E-state index contributed by atoms with van der Waals surface area (Å²) in [5.74, 6) is 0.993. The van der Waals surface area contributed by atoms with Gasteiger partial charge in [0, 0.05) is 18.1 Å². The van der Waals surface area contributed by atoms with Crippen LogP contribution in [0.2, 0.25) is 0 Å². The van der Waals surface area contributed by atoms with Crippen LogP contribution in [0.15, 0.2) is 41.5 Å². The molecule has 1 aromatic heterocycles. The van der Waals surface area contributed by atoms with Gasteiger partial charge in [-0.3, -0.25) is 15.2 Å². The summed E-state index contributed by atoms with van der Waals surface area (Å²) in [4.78, 5) is 11.2. The van der Waals surface area contributed by atoms with E-state index >= 15 is 0 Å². The highest BCUT2D eigenvalue weighted by Crippen LogP contribution is 2.38. The van der Waals surface area contributed by atoms with Crippen molar-refractivity contribution in [2.45, 2.75) is 33.3 Å². The first-order chi connectivity index (χ1) is 14.9. The summed E-state index contributed by atoms with van der Waals surface area (Å²) in [6.45, 7) is 4.19. The zero-order chi connectivity index (χ0) is 22.4. The van der Waals surface area contributed by atoms with Crippen LogP contribution in [0.5, 0.6) is 11.5 Å². The lowest BCUT2D eigenvalue weighted by molar-refractivity contribution is -0.386. The largest absolute Gasteiger partial charge is 0.493 e. The van der Waals surface area contributed by atoms with E-state index < -0.39 is 4.92 Å². The summed E-state index contributed by atoms with van der Waals surface area (Å²) >= 11 is 5.21. The van der Waals surface area contributed by atoms with Gasteiger partial charge in [0.2, 0.25) is 10.5 Å². The van der Waals surface area contributed by atoms with Crippen LogP contribution >= 0.6 is 12.2 Å². The maximum Gasteiger partial charge on any atom is 0.315 e. The molecule has 0 bridgehead atoms. The van der Waals surface area contributed by atoms with Gasteiger partial charge in [0.05, 0.1) is 18.2 Å². The smallest absolute Gasteiger partial charge is 0.315 e. The standard InChI is InChI=1S/C21H23N5O4S/c1-4-5-19-23-24-21(31)25(19)22-12-16-10-17(26(27)28)20(18(11-16)29-3)30-13-15-8-6-14(2)7-9-15/h6-12H,4-5,13H2,1-3H3,(H,24,31)/b22-12-. The van der Waals surface area contributed by atoms with Crippen LogP contribution in [0.4, 0.5) is 5.69 Å². The number of rotatable bonds is 9. The van der Waals surface area contributed by atoms with Gasteiger partial charge in [0.15, 0.2) is 11.6 Å². The number of methoxy groups -OCH3 is 1. The Kier molecular flexibility index (Phi) is 7.14. The molecule has 0 aliphatic carbocycles. The summed E-state index contributed by atoms with van der Waals surface area (Å²) in [7, 11) is 1.43. The lowest BCUT2D eigenvalue weighted by atomic mass is 10.1. The number of hydrogen-bond acceptors (Lipinski definition) is 7. The molecule has 9 nitrogen and oxygen atoms in total. The fourth-order valence-electron chi connectivity index (χ4n) is 2.91. The lowest BCUT2D eigenvalue weighted by Gasteiger charge is -2.12. The monoisotopic (exact) mass is 441 g/mol. The number of aromatic amines is 1. The number of H-pyrrole nitrogens is 1. The molecule has 0 fully saturated rings. The molecule has 0 aliphatic rings. The topological polar surface area (TPSA) is 108 Å². The Morgan fingerprint density at radius 3 is 2.71 bits per heavy atom. The van der Waals surface area contributed by atoms with E-state index in [1.807, 2.05) is 38.1 Å². The second-order valence-electron chi connectivity index (χ2n) is 6.85. The van der Waals surface area contributed by atoms with Gasteiger partial charge in [-0.1, -0.05) is 36.8 Å². The van der Waals surface area contributed by atoms with E-state index in [2.05, 4.69) is 15.3 Å². The fraction of sp³-hybridized carbons (Fsp3) is 0.286. The molecule has 0 amide bonds. The second kappa shape index (κ2) is 9.98. The number of nitro groups is 1. The van der Waals surface area contributed by atoms with Gasteiger partial charge in [-0.2, -0.15) is 14.9 Å². The van der Waals surface area contributed by atoms with Gasteiger partial charge in [-0.25, -0.2) is 0 Å². The maximum atomic E-state index is 11.7. The van der Waals surface area contributed by atoms with Gasteiger partial charge in [-0.05, 0) is 37.2 Å². The van der Waals surface area contributed by atoms with Gasteiger partial charge in [-0.15, -0.1) is 0 Å². The Balaban J connectivity index is 1.92. The van der Waals surface area contributed by atoms with Crippen LogP contribution in [-0.4, -0.2) is 33.1 Å². The number of aromatic nitrogens is 3. The van der Waals surface area contributed by atoms with E-state index in [1.165, 1.54) is 24.1 Å². The van der Waals surface area contributed by atoms with Crippen molar-refractivity contribution < 1.29 is 14.4 Å². The normalized spacial score (nSPS) is 11.1. The Bertz CT molecular complexity index is 1150. The quantitative estimate of drug-likeness (QED) is 0.225. The van der Waals surface area contributed by atoms with Crippen LogP contribution in [0.3, 0.4) is 0 Å². The van der Waals surface area contributed by atoms with Crippen LogP contribution in [-0.2, 0) is 13.0 Å². The molecule has 10 heteroatoms. The van der Waals surface area contributed by atoms with Gasteiger partial charge < -0.3 is 9.47 Å². The lowest BCUT2D eigenvalue weighted by Crippen LogP contribution is -2.03. The molecule has 3 rings (SSSR count). The summed E-state index contributed by atoms with van der Waals surface area (Å²) in [6.07, 6.45) is 3.05. The number of nitrogens with one attached hydrogen (secondary N) is 1. The van der Waals surface area contributed by atoms with Crippen molar-refractivity contribution in [2.24, 2.45) is 5.10 Å². The van der Waals surface area contributed by atoms with Gasteiger partial charge in [0.25, 0.3) is 0 Å². The number of nitro benzene ring substituents is 1. The van der Waals surface area contributed by atoms with E-state index in [9.17, 15) is 10.1 Å². The van der Waals surface area contributed by atoms with Crippen LogP contribution < -0.4 is 9.47 Å². The van der Waals surface area contributed by atoms with Crippen LogP contribution in [0, 0.1) is 21.8 Å². The Morgan fingerprint density at radius 1 is 1.32 bits per heavy atom. The molecule has 0 spiro atoms. The van der Waals surface area contributed by atoms with Crippen molar-refractivity contribution in [2.75, 3.05) is 7.11 Å². The molecule has 0 unspecified atom stereocenters. The van der Waals surface area contributed by atoms with Crippen molar-refractivity contribution in [1.29, 1.82) is 0 Å². The summed E-state index contributed by atoms with van der Waals surface area (Å²) in [5, 5.41) is 22.9. The third-order valence-corrected chi connectivity index (χ3v) is 4.76. The van der Waals surface area contributed by atoms with E-state index in [4.69, 9.17) is 21.7 Å². The predicted molar refractivity (Wildman–Crippen MR) is 120 cm³/mol. The number of aryl methyl sites for hydroxylation is 2. The first-order valence-corrected chi connectivity index (χ1v) is 10.1. The molecule has 0 saturated heterocycles. The molecular weight excluding hydrogens is 418 g/mol. The molecule has 0 atom stereocenters. The fourth-order valence-corrected chi connectivity index (χ4v) is 3.11. The summed E-state index contributed by atoms with van der Waals surface area (Å²) in [6, 6.07) is 10.8. The molecule has 3 aromatic rings.